The minimum atomic E-state index is -1.14. The number of hydrogen-bond acceptors (Lipinski definition) is 3. The van der Waals surface area contributed by atoms with Crippen molar-refractivity contribution in [3.63, 3.8) is 0 Å². The lowest BCUT2D eigenvalue weighted by Crippen LogP contribution is -2.45. The number of carbonyl (C=O) groups excluding carboxylic acids is 1. The molecule has 1 amide bonds. The lowest BCUT2D eigenvalue weighted by molar-refractivity contribution is -0.120. The second-order valence-corrected chi connectivity index (χ2v) is 5.06. The maximum absolute atomic E-state index is 12.4. The van der Waals surface area contributed by atoms with E-state index < -0.39 is 5.54 Å². The number of nitrogens with two attached hydrogens (primary N) is 1. The number of aromatic nitrogens is 1. The number of benzene rings is 1. The van der Waals surface area contributed by atoms with Gasteiger partial charge in [-0.3, -0.25) is 9.59 Å². The molecule has 0 spiro atoms. The minimum absolute atomic E-state index is 0. The smallest absolute Gasteiger partial charge is 0.250 e. The maximum atomic E-state index is 12.4. The molecule has 6 heteroatoms. The van der Waals surface area contributed by atoms with Gasteiger partial charge in [-0.05, 0) is 25.5 Å². The van der Waals surface area contributed by atoms with E-state index in [0.29, 0.717) is 12.2 Å². The molecule has 1 aromatic heterocycles. The third-order valence-electron chi connectivity index (χ3n) is 3.43. The van der Waals surface area contributed by atoms with Crippen LogP contribution in [-0.4, -0.2) is 10.5 Å². The van der Waals surface area contributed by atoms with Gasteiger partial charge in [-0.2, -0.15) is 0 Å². The van der Waals surface area contributed by atoms with Gasteiger partial charge in [-0.25, -0.2) is 0 Å². The summed E-state index contributed by atoms with van der Waals surface area (Å²) in [4.78, 5) is 23.9. The molecule has 0 bridgehead atoms. The number of rotatable bonds is 4. The summed E-state index contributed by atoms with van der Waals surface area (Å²) in [5.41, 5.74) is 6.18. The fraction of sp³-hybridized carbons (Fsp3) is 0.250. The molecule has 1 unspecified atom stereocenters. The van der Waals surface area contributed by atoms with Crippen LogP contribution < -0.4 is 16.6 Å². The number of amides is 1. The summed E-state index contributed by atoms with van der Waals surface area (Å²) in [7, 11) is 0. The summed E-state index contributed by atoms with van der Waals surface area (Å²) in [5.74, 6) is -0.324. The monoisotopic (exact) mass is 321 g/mol. The third kappa shape index (κ3) is 3.75. The number of aryl methyl sites for hydroxylation is 1. The summed E-state index contributed by atoms with van der Waals surface area (Å²) in [6.45, 7) is 4.07. The molecule has 1 heterocycles. The Bertz CT molecular complexity index is 696. The van der Waals surface area contributed by atoms with Crippen LogP contribution in [0.4, 0.5) is 5.69 Å². The Kier molecular flexibility index (Phi) is 5.91. The average molecular weight is 322 g/mol. The molecular formula is C16H20ClN3O2. The first-order valence-electron chi connectivity index (χ1n) is 6.81. The quantitative estimate of drug-likeness (QED) is 0.905. The normalized spacial score (nSPS) is 12.9. The average Bonchev–Trinajstić information content (AvgIpc) is 2.50. The standard InChI is InChI=1S/C16H19N3O2.ClH/c1-3-19-11-13(9-10-14(19)20)18-15(21)16(2,17)12-7-5-4-6-8-12;/h4-11H,3,17H2,1-2H3,(H,18,21);1H. The predicted molar refractivity (Wildman–Crippen MR) is 90.2 cm³/mol. The van der Waals surface area contributed by atoms with Gasteiger partial charge >= 0.3 is 0 Å². The highest BCUT2D eigenvalue weighted by molar-refractivity contribution is 5.98. The number of carbonyl (C=O) groups is 1. The molecule has 1 aromatic carbocycles. The minimum Gasteiger partial charge on any atom is -0.323 e. The van der Waals surface area contributed by atoms with Crippen LogP contribution in [0.1, 0.15) is 19.4 Å². The van der Waals surface area contributed by atoms with E-state index in [2.05, 4.69) is 5.32 Å². The van der Waals surface area contributed by atoms with Gasteiger partial charge in [0.2, 0.25) is 5.91 Å². The number of hydrogen-bond donors (Lipinski definition) is 2. The molecule has 118 valence electrons. The van der Waals surface area contributed by atoms with Crippen molar-refractivity contribution >= 4 is 24.0 Å². The number of anilines is 1. The van der Waals surface area contributed by atoms with Crippen LogP contribution in [0.3, 0.4) is 0 Å². The molecule has 1 atom stereocenters. The molecule has 0 aliphatic carbocycles. The van der Waals surface area contributed by atoms with Crippen molar-refractivity contribution in [2.45, 2.75) is 25.9 Å². The van der Waals surface area contributed by atoms with Gasteiger partial charge in [0.25, 0.3) is 5.56 Å². The topological polar surface area (TPSA) is 77.1 Å². The van der Waals surface area contributed by atoms with E-state index >= 15 is 0 Å². The van der Waals surface area contributed by atoms with Gasteiger partial charge < -0.3 is 15.6 Å². The highest BCUT2D eigenvalue weighted by Gasteiger charge is 2.30. The highest BCUT2D eigenvalue weighted by Crippen LogP contribution is 2.19. The van der Waals surface area contributed by atoms with Crippen molar-refractivity contribution in [2.75, 3.05) is 5.32 Å². The van der Waals surface area contributed by atoms with Crippen LogP contribution in [0, 0.1) is 0 Å². The first-order chi connectivity index (χ1) is 9.95. The first kappa shape index (κ1) is 17.9. The number of nitrogens with zero attached hydrogens (tertiary/aromatic N) is 1. The zero-order valence-corrected chi connectivity index (χ0v) is 13.4. The highest BCUT2D eigenvalue weighted by atomic mass is 35.5. The SMILES string of the molecule is CCn1cc(NC(=O)C(C)(N)c2ccccc2)ccc1=O.Cl. The third-order valence-corrected chi connectivity index (χ3v) is 3.43. The van der Waals surface area contributed by atoms with E-state index in [1.54, 1.807) is 19.2 Å². The van der Waals surface area contributed by atoms with Crippen molar-refractivity contribution in [3.05, 3.63) is 64.6 Å². The lowest BCUT2D eigenvalue weighted by atomic mass is 9.92. The van der Waals surface area contributed by atoms with Crippen molar-refractivity contribution in [1.82, 2.24) is 4.57 Å². The van der Waals surface area contributed by atoms with Crippen LogP contribution in [0.2, 0.25) is 0 Å². The summed E-state index contributed by atoms with van der Waals surface area (Å²) >= 11 is 0. The molecule has 22 heavy (non-hydrogen) atoms. The van der Waals surface area contributed by atoms with Crippen LogP contribution >= 0.6 is 12.4 Å². The summed E-state index contributed by atoms with van der Waals surface area (Å²) in [6, 6.07) is 12.2. The van der Waals surface area contributed by atoms with Crippen LogP contribution in [-0.2, 0) is 16.9 Å². The Morgan fingerprint density at radius 1 is 1.23 bits per heavy atom. The summed E-state index contributed by atoms with van der Waals surface area (Å²) < 4.78 is 1.52. The largest absolute Gasteiger partial charge is 0.323 e. The molecule has 5 nitrogen and oxygen atoms in total. The van der Waals surface area contributed by atoms with E-state index in [4.69, 9.17) is 5.73 Å². The van der Waals surface area contributed by atoms with Gasteiger partial charge in [0, 0.05) is 18.8 Å². The van der Waals surface area contributed by atoms with Crippen LogP contribution in [0.15, 0.2) is 53.5 Å². The van der Waals surface area contributed by atoms with E-state index in [1.807, 2.05) is 37.3 Å². The molecule has 0 radical (unpaired) electrons. The molecule has 0 fully saturated rings. The lowest BCUT2D eigenvalue weighted by Gasteiger charge is -2.24. The Balaban J connectivity index is 0.00000242. The molecular weight excluding hydrogens is 302 g/mol. The molecule has 2 aromatic rings. The van der Waals surface area contributed by atoms with Crippen molar-refractivity contribution in [2.24, 2.45) is 5.73 Å². The van der Waals surface area contributed by atoms with Gasteiger partial charge in [-0.1, -0.05) is 30.3 Å². The summed E-state index contributed by atoms with van der Waals surface area (Å²) in [5, 5.41) is 2.76. The second-order valence-electron chi connectivity index (χ2n) is 5.06. The Hall–Kier alpha value is -2.11. The Morgan fingerprint density at radius 3 is 2.45 bits per heavy atom. The number of halogens is 1. The maximum Gasteiger partial charge on any atom is 0.250 e. The van der Waals surface area contributed by atoms with E-state index in [1.165, 1.54) is 10.6 Å². The van der Waals surface area contributed by atoms with Gasteiger partial charge in [-0.15, -0.1) is 12.4 Å². The summed E-state index contributed by atoms with van der Waals surface area (Å²) in [6.07, 6.45) is 1.61. The Labute approximate surface area is 135 Å². The number of pyridine rings is 1. The van der Waals surface area contributed by atoms with E-state index in [-0.39, 0.29) is 23.9 Å². The van der Waals surface area contributed by atoms with Gasteiger partial charge in [0.15, 0.2) is 0 Å². The van der Waals surface area contributed by atoms with Crippen molar-refractivity contribution < 1.29 is 4.79 Å². The second kappa shape index (κ2) is 7.24. The van der Waals surface area contributed by atoms with Crippen molar-refractivity contribution in [3.8, 4) is 0 Å². The Morgan fingerprint density at radius 2 is 1.86 bits per heavy atom. The fourth-order valence-electron chi connectivity index (χ4n) is 2.03. The zero-order chi connectivity index (χ0) is 15.5. The van der Waals surface area contributed by atoms with Crippen molar-refractivity contribution in [1.29, 1.82) is 0 Å². The molecule has 0 saturated carbocycles. The van der Waals surface area contributed by atoms with E-state index in [0.717, 1.165) is 5.56 Å². The van der Waals surface area contributed by atoms with Gasteiger partial charge in [0.05, 0.1) is 5.69 Å². The molecule has 0 aliphatic heterocycles. The van der Waals surface area contributed by atoms with Crippen LogP contribution in [0.5, 0.6) is 0 Å². The molecule has 0 saturated heterocycles. The zero-order valence-electron chi connectivity index (χ0n) is 12.6. The predicted octanol–water partition coefficient (Wildman–Crippen LogP) is 2.10. The molecule has 0 aliphatic rings. The number of nitrogens with one attached hydrogen (secondary N) is 1. The molecule has 3 N–H and O–H groups in total. The van der Waals surface area contributed by atoms with E-state index in [9.17, 15) is 9.59 Å². The molecule has 2 rings (SSSR count). The van der Waals surface area contributed by atoms with Crippen LogP contribution in [0.25, 0.3) is 0 Å². The first-order valence-corrected chi connectivity index (χ1v) is 6.81. The fourth-order valence-corrected chi connectivity index (χ4v) is 2.03. The van der Waals surface area contributed by atoms with Gasteiger partial charge in [0.1, 0.15) is 5.54 Å².